The Balaban J connectivity index is 3.04. The number of aromatic nitrogens is 2. The van der Waals surface area contributed by atoms with Crippen molar-refractivity contribution in [2.45, 2.75) is 18.9 Å². The van der Waals surface area contributed by atoms with E-state index in [9.17, 15) is 8.42 Å². The Morgan fingerprint density at radius 3 is 2.58 bits per heavy atom. The SMILES string of the molecule is Cc1nnc(SCCS(C)(=O)=O)c(C(N)=NO)c1C. The highest BCUT2D eigenvalue weighted by molar-refractivity contribution is 8.00. The number of rotatable bonds is 5. The van der Waals surface area contributed by atoms with Gasteiger partial charge in [-0.1, -0.05) is 5.16 Å². The zero-order valence-corrected chi connectivity index (χ0v) is 12.5. The number of oxime groups is 1. The summed E-state index contributed by atoms with van der Waals surface area (Å²) in [7, 11) is -3.03. The molecule has 3 N–H and O–H groups in total. The van der Waals surface area contributed by atoms with Crippen LogP contribution in [0.5, 0.6) is 0 Å². The number of thioether (sulfide) groups is 1. The predicted molar refractivity (Wildman–Crippen MR) is 74.5 cm³/mol. The average Bonchev–Trinajstić information content (AvgIpc) is 2.31. The first-order valence-electron chi connectivity index (χ1n) is 5.38. The lowest BCUT2D eigenvalue weighted by Crippen LogP contribution is -2.18. The maximum absolute atomic E-state index is 11.1. The van der Waals surface area contributed by atoms with E-state index in [1.54, 1.807) is 13.8 Å². The van der Waals surface area contributed by atoms with Gasteiger partial charge in [0.15, 0.2) is 5.84 Å². The molecule has 19 heavy (non-hydrogen) atoms. The van der Waals surface area contributed by atoms with E-state index < -0.39 is 9.84 Å². The van der Waals surface area contributed by atoms with E-state index in [4.69, 9.17) is 10.9 Å². The largest absolute Gasteiger partial charge is 0.409 e. The highest BCUT2D eigenvalue weighted by Crippen LogP contribution is 2.23. The van der Waals surface area contributed by atoms with Crippen LogP contribution in [-0.2, 0) is 9.84 Å². The second kappa shape index (κ2) is 6.20. The van der Waals surface area contributed by atoms with E-state index >= 15 is 0 Å². The van der Waals surface area contributed by atoms with Crippen LogP contribution in [-0.4, -0.2) is 47.4 Å². The van der Waals surface area contributed by atoms with Crippen molar-refractivity contribution in [3.63, 3.8) is 0 Å². The summed E-state index contributed by atoms with van der Waals surface area (Å²) in [4.78, 5) is 0. The van der Waals surface area contributed by atoms with Gasteiger partial charge in [0.1, 0.15) is 14.9 Å². The maximum Gasteiger partial charge on any atom is 0.173 e. The number of amidine groups is 1. The molecule has 0 fully saturated rings. The Bertz CT molecular complexity index is 599. The minimum Gasteiger partial charge on any atom is -0.409 e. The molecule has 0 amide bonds. The monoisotopic (exact) mass is 304 g/mol. The Morgan fingerprint density at radius 1 is 1.42 bits per heavy atom. The van der Waals surface area contributed by atoms with Crippen molar-refractivity contribution in [1.82, 2.24) is 10.2 Å². The zero-order valence-electron chi connectivity index (χ0n) is 10.9. The van der Waals surface area contributed by atoms with Crippen LogP contribution in [0.15, 0.2) is 10.2 Å². The fourth-order valence-corrected chi connectivity index (χ4v) is 3.57. The van der Waals surface area contributed by atoms with Crippen molar-refractivity contribution < 1.29 is 13.6 Å². The quantitative estimate of drug-likeness (QED) is 0.264. The van der Waals surface area contributed by atoms with Crippen LogP contribution in [0.25, 0.3) is 0 Å². The van der Waals surface area contributed by atoms with Gasteiger partial charge in [-0.3, -0.25) is 0 Å². The summed E-state index contributed by atoms with van der Waals surface area (Å²) in [5.74, 6) is 0.307. The first kappa shape index (κ1) is 15.7. The smallest absolute Gasteiger partial charge is 0.173 e. The normalized spacial score (nSPS) is 12.7. The third-order valence-electron chi connectivity index (χ3n) is 2.48. The second-order valence-electron chi connectivity index (χ2n) is 4.05. The van der Waals surface area contributed by atoms with Crippen LogP contribution in [0.2, 0.25) is 0 Å². The molecule has 0 atom stereocenters. The van der Waals surface area contributed by atoms with Gasteiger partial charge in [-0.05, 0) is 19.4 Å². The lowest BCUT2D eigenvalue weighted by atomic mass is 10.1. The third-order valence-corrected chi connectivity index (χ3v) is 4.65. The van der Waals surface area contributed by atoms with E-state index in [2.05, 4.69) is 15.4 Å². The van der Waals surface area contributed by atoms with E-state index in [1.807, 2.05) is 0 Å². The molecule has 0 spiro atoms. The van der Waals surface area contributed by atoms with Crippen LogP contribution < -0.4 is 5.73 Å². The van der Waals surface area contributed by atoms with Gasteiger partial charge in [0.05, 0.1) is 17.0 Å². The van der Waals surface area contributed by atoms with Gasteiger partial charge < -0.3 is 10.9 Å². The van der Waals surface area contributed by atoms with Crippen molar-refractivity contribution in [1.29, 1.82) is 0 Å². The minimum absolute atomic E-state index is 0.0296. The van der Waals surface area contributed by atoms with Crippen molar-refractivity contribution in [2.24, 2.45) is 10.9 Å². The zero-order chi connectivity index (χ0) is 14.6. The summed E-state index contributed by atoms with van der Waals surface area (Å²) < 4.78 is 22.2. The van der Waals surface area contributed by atoms with Gasteiger partial charge in [0.25, 0.3) is 0 Å². The van der Waals surface area contributed by atoms with Crippen LogP contribution in [0.1, 0.15) is 16.8 Å². The summed E-state index contributed by atoms with van der Waals surface area (Å²) in [6, 6.07) is 0. The third kappa shape index (κ3) is 4.35. The Kier molecular flexibility index (Phi) is 5.12. The van der Waals surface area contributed by atoms with E-state index in [0.717, 1.165) is 5.56 Å². The van der Waals surface area contributed by atoms with Gasteiger partial charge in [-0.2, -0.15) is 5.10 Å². The van der Waals surface area contributed by atoms with Crippen LogP contribution in [0.3, 0.4) is 0 Å². The second-order valence-corrected chi connectivity index (χ2v) is 7.40. The van der Waals surface area contributed by atoms with E-state index in [0.29, 0.717) is 22.0 Å². The molecule has 0 bridgehead atoms. The molecule has 0 saturated heterocycles. The number of hydrogen-bond acceptors (Lipinski definition) is 7. The van der Waals surface area contributed by atoms with Gasteiger partial charge in [-0.25, -0.2) is 8.42 Å². The number of hydrogen-bond donors (Lipinski definition) is 2. The number of sulfone groups is 1. The fourth-order valence-electron chi connectivity index (χ4n) is 1.33. The van der Waals surface area contributed by atoms with Crippen molar-refractivity contribution in [3.8, 4) is 0 Å². The number of nitrogens with zero attached hydrogens (tertiary/aromatic N) is 3. The molecule has 1 aromatic heterocycles. The molecule has 7 nitrogen and oxygen atoms in total. The van der Waals surface area contributed by atoms with E-state index in [-0.39, 0.29) is 11.6 Å². The summed E-state index contributed by atoms with van der Waals surface area (Å²) >= 11 is 1.22. The van der Waals surface area contributed by atoms with Gasteiger partial charge >= 0.3 is 0 Å². The first-order valence-corrected chi connectivity index (χ1v) is 8.43. The number of nitrogens with two attached hydrogens (primary N) is 1. The lowest BCUT2D eigenvalue weighted by molar-refractivity contribution is 0.318. The molecule has 1 rings (SSSR count). The molecule has 0 saturated carbocycles. The molecule has 0 aliphatic heterocycles. The summed E-state index contributed by atoms with van der Waals surface area (Å²) in [5, 5.41) is 20.2. The molecule has 1 heterocycles. The molecule has 106 valence electrons. The molecular formula is C10H16N4O3S2. The van der Waals surface area contributed by atoms with Gasteiger partial charge in [0, 0.05) is 12.0 Å². The fraction of sp³-hybridized carbons (Fsp3) is 0.500. The predicted octanol–water partition coefficient (Wildman–Crippen LogP) is 0.325. The molecule has 1 aromatic rings. The van der Waals surface area contributed by atoms with Crippen LogP contribution in [0.4, 0.5) is 0 Å². The molecule has 0 aromatic carbocycles. The van der Waals surface area contributed by atoms with Crippen molar-refractivity contribution >= 4 is 27.4 Å². The van der Waals surface area contributed by atoms with E-state index in [1.165, 1.54) is 18.0 Å². The topological polar surface area (TPSA) is 119 Å². The standard InChI is InChI=1S/C10H16N4O3S2/c1-6-7(2)12-13-10(8(6)9(11)14-15)18-4-5-19(3,16)17/h15H,4-5H2,1-3H3,(H2,11,14). The molecule has 0 unspecified atom stereocenters. The highest BCUT2D eigenvalue weighted by atomic mass is 32.2. The lowest BCUT2D eigenvalue weighted by Gasteiger charge is -2.10. The number of aryl methyl sites for hydroxylation is 1. The Labute approximate surface area is 116 Å². The Morgan fingerprint density at radius 2 is 2.05 bits per heavy atom. The Hall–Kier alpha value is -1.35. The van der Waals surface area contributed by atoms with Crippen molar-refractivity contribution in [3.05, 3.63) is 16.8 Å². The highest BCUT2D eigenvalue weighted by Gasteiger charge is 2.16. The molecule has 0 aliphatic rings. The first-order chi connectivity index (χ1) is 8.76. The van der Waals surface area contributed by atoms with Crippen LogP contribution in [0, 0.1) is 13.8 Å². The summed E-state index contributed by atoms with van der Waals surface area (Å²) in [5.41, 5.74) is 7.55. The molecular weight excluding hydrogens is 288 g/mol. The van der Waals surface area contributed by atoms with Gasteiger partial charge in [-0.15, -0.1) is 16.9 Å². The minimum atomic E-state index is -3.03. The van der Waals surface area contributed by atoms with Crippen LogP contribution >= 0.6 is 11.8 Å². The molecule has 0 aliphatic carbocycles. The van der Waals surface area contributed by atoms with Gasteiger partial charge in [0.2, 0.25) is 0 Å². The molecule has 0 radical (unpaired) electrons. The average molecular weight is 304 g/mol. The summed E-state index contributed by atoms with van der Waals surface area (Å²) in [6.45, 7) is 3.56. The van der Waals surface area contributed by atoms with Crippen molar-refractivity contribution in [2.75, 3.05) is 17.8 Å². The summed E-state index contributed by atoms with van der Waals surface area (Å²) in [6.07, 6.45) is 1.17. The molecule has 9 heteroatoms. The maximum atomic E-state index is 11.1.